The van der Waals surface area contributed by atoms with Crippen molar-refractivity contribution in [3.05, 3.63) is 206 Å². The molecule has 64 heavy (non-hydrogen) atoms. The van der Waals surface area contributed by atoms with Crippen molar-refractivity contribution < 1.29 is 4.42 Å². The molecule has 3 heterocycles. The van der Waals surface area contributed by atoms with Crippen LogP contribution in [-0.2, 0) is 0 Å². The molecule has 0 aliphatic rings. The van der Waals surface area contributed by atoms with Crippen molar-refractivity contribution in [1.82, 2.24) is 19.5 Å². The van der Waals surface area contributed by atoms with Gasteiger partial charge in [-0.3, -0.25) is 0 Å². The van der Waals surface area contributed by atoms with Crippen molar-refractivity contribution in [1.29, 1.82) is 0 Å². The van der Waals surface area contributed by atoms with Gasteiger partial charge in [0.15, 0.2) is 17.5 Å². The van der Waals surface area contributed by atoms with E-state index in [9.17, 15) is 0 Å². The molecule has 0 bridgehead atoms. The Bertz CT molecular complexity index is 4180. The van der Waals surface area contributed by atoms with Gasteiger partial charge >= 0.3 is 0 Å². The molecule has 0 N–H and O–H groups in total. The molecule has 0 aliphatic heterocycles. The van der Waals surface area contributed by atoms with Crippen LogP contribution in [0.15, 0.2) is 211 Å². The summed E-state index contributed by atoms with van der Waals surface area (Å²) in [7, 11) is 0. The highest BCUT2D eigenvalue weighted by atomic mass is 16.3. The summed E-state index contributed by atoms with van der Waals surface area (Å²) in [5, 5.41) is 16.1. The predicted molar refractivity (Wildman–Crippen MR) is 265 cm³/mol. The van der Waals surface area contributed by atoms with Crippen LogP contribution < -0.4 is 0 Å². The summed E-state index contributed by atoms with van der Waals surface area (Å²) in [5.74, 6) is 1.84. The molecule has 5 nitrogen and oxygen atoms in total. The third kappa shape index (κ3) is 5.28. The maximum absolute atomic E-state index is 6.84. The van der Waals surface area contributed by atoms with Crippen molar-refractivity contribution in [3.63, 3.8) is 0 Å². The van der Waals surface area contributed by atoms with Gasteiger partial charge in [0.25, 0.3) is 0 Å². The fourth-order valence-corrected chi connectivity index (χ4v) is 10.0. The second kappa shape index (κ2) is 13.4. The fraction of sp³-hybridized carbons (Fsp3) is 0. The molecular formula is C59H34N4O. The van der Waals surface area contributed by atoms with Gasteiger partial charge in [-0.05, 0) is 86.2 Å². The molecular weight excluding hydrogens is 781 g/mol. The van der Waals surface area contributed by atoms with Gasteiger partial charge in [0, 0.05) is 54.4 Å². The topological polar surface area (TPSA) is 56.7 Å². The number of rotatable bonds is 4. The number of hydrogen-bond acceptors (Lipinski definition) is 4. The SMILES string of the molecule is c1ccc2cc(-c3nc(-c4ccc5ccccc5c4)nc(-c4ccc5oc6c7ccccc7c(-n7c8cc9ccccc9cc8c8ccc9ccccc9c87)cc6c5c4)n3)ccc2c1. The lowest BCUT2D eigenvalue weighted by molar-refractivity contribution is 0.672. The molecule has 3 aromatic heterocycles. The lowest BCUT2D eigenvalue weighted by Crippen LogP contribution is -2.00. The van der Waals surface area contributed by atoms with E-state index < -0.39 is 0 Å². The molecule has 14 aromatic rings. The number of furan rings is 1. The first-order valence-corrected chi connectivity index (χ1v) is 21.7. The molecule has 5 heteroatoms. The van der Waals surface area contributed by atoms with Crippen LogP contribution in [-0.4, -0.2) is 19.5 Å². The first kappa shape index (κ1) is 35.0. The van der Waals surface area contributed by atoms with Crippen molar-refractivity contribution in [2.75, 3.05) is 0 Å². The Morgan fingerprint density at radius 2 is 0.812 bits per heavy atom. The molecule has 0 aliphatic carbocycles. The van der Waals surface area contributed by atoms with Crippen molar-refractivity contribution >= 4 is 97.6 Å². The minimum atomic E-state index is 0.597. The Kier molecular flexibility index (Phi) is 7.33. The van der Waals surface area contributed by atoms with Crippen LogP contribution >= 0.6 is 0 Å². The summed E-state index contributed by atoms with van der Waals surface area (Å²) in [5.41, 5.74) is 7.85. The third-order valence-corrected chi connectivity index (χ3v) is 13.1. The molecule has 0 saturated carbocycles. The Morgan fingerprint density at radius 3 is 1.47 bits per heavy atom. The van der Waals surface area contributed by atoms with Crippen LogP contribution in [0.1, 0.15) is 0 Å². The molecule has 11 aromatic carbocycles. The van der Waals surface area contributed by atoms with Gasteiger partial charge in [-0.2, -0.15) is 0 Å². The Hall–Kier alpha value is -8.67. The standard InChI is InChI=1S/C59H34N4O/c1-3-14-38-29-42(23-21-35(38)11-1)57-60-58(43-24-22-36-12-2-4-15-39(36)30-43)62-59(61-57)44-26-28-54-50(32-44)51-34-53(46-19-9-10-20-48(46)56(51)64-54)63-52-33-41-17-6-5-16-40(41)31-49(52)47-27-25-37-13-7-8-18-45(37)55(47)63/h1-34H. The fourth-order valence-electron chi connectivity index (χ4n) is 10.0. The van der Waals surface area contributed by atoms with E-state index in [1.807, 2.05) is 0 Å². The highest BCUT2D eigenvalue weighted by Gasteiger charge is 2.22. The molecule has 296 valence electrons. The van der Waals surface area contributed by atoms with E-state index in [-0.39, 0.29) is 0 Å². The largest absolute Gasteiger partial charge is 0.455 e. The van der Waals surface area contributed by atoms with Crippen molar-refractivity contribution in [3.8, 4) is 39.9 Å². The van der Waals surface area contributed by atoms with Crippen molar-refractivity contribution in [2.45, 2.75) is 0 Å². The van der Waals surface area contributed by atoms with Gasteiger partial charge in [-0.25, -0.2) is 15.0 Å². The lowest BCUT2D eigenvalue weighted by atomic mass is 10.0. The lowest BCUT2D eigenvalue weighted by Gasteiger charge is -2.14. The Labute approximate surface area is 366 Å². The summed E-state index contributed by atoms with van der Waals surface area (Å²) in [6.07, 6.45) is 0. The monoisotopic (exact) mass is 814 g/mol. The van der Waals surface area contributed by atoms with Crippen LogP contribution in [0, 0.1) is 0 Å². The molecule has 0 spiro atoms. The number of hydrogen-bond donors (Lipinski definition) is 0. The van der Waals surface area contributed by atoms with E-state index in [4.69, 9.17) is 19.4 Å². The number of fused-ring (bicyclic) bond motifs is 13. The van der Waals surface area contributed by atoms with Gasteiger partial charge < -0.3 is 8.98 Å². The molecule has 0 fully saturated rings. The maximum Gasteiger partial charge on any atom is 0.164 e. The summed E-state index contributed by atoms with van der Waals surface area (Å²) in [6, 6.07) is 73.5. The summed E-state index contributed by atoms with van der Waals surface area (Å²) >= 11 is 0. The number of benzene rings is 11. The first-order chi connectivity index (χ1) is 31.7. The van der Waals surface area contributed by atoms with Gasteiger partial charge in [-0.1, -0.05) is 158 Å². The predicted octanol–water partition coefficient (Wildman–Crippen LogP) is 15.6. The second-order valence-corrected chi connectivity index (χ2v) is 16.8. The average molecular weight is 815 g/mol. The Balaban J connectivity index is 1.03. The Morgan fingerprint density at radius 1 is 0.312 bits per heavy atom. The van der Waals surface area contributed by atoms with E-state index in [1.54, 1.807) is 0 Å². The average Bonchev–Trinajstić information content (AvgIpc) is 3.90. The zero-order chi connectivity index (χ0) is 41.9. The van der Waals surface area contributed by atoms with Crippen LogP contribution in [0.2, 0.25) is 0 Å². The van der Waals surface area contributed by atoms with Crippen LogP contribution in [0.25, 0.3) is 137 Å². The number of aromatic nitrogens is 4. The molecule has 0 atom stereocenters. The van der Waals surface area contributed by atoms with Crippen LogP contribution in [0.5, 0.6) is 0 Å². The smallest absolute Gasteiger partial charge is 0.164 e. The maximum atomic E-state index is 6.84. The third-order valence-electron chi connectivity index (χ3n) is 13.1. The van der Waals surface area contributed by atoms with Crippen LogP contribution in [0.4, 0.5) is 0 Å². The van der Waals surface area contributed by atoms with Gasteiger partial charge in [0.1, 0.15) is 11.2 Å². The highest BCUT2D eigenvalue weighted by Crippen LogP contribution is 2.44. The minimum Gasteiger partial charge on any atom is -0.455 e. The van der Waals surface area contributed by atoms with Crippen LogP contribution in [0.3, 0.4) is 0 Å². The zero-order valence-electron chi connectivity index (χ0n) is 34.3. The molecule has 14 rings (SSSR count). The van der Waals surface area contributed by atoms with E-state index in [0.29, 0.717) is 17.5 Å². The normalized spacial score (nSPS) is 12.1. The number of nitrogens with zero attached hydrogens (tertiary/aromatic N) is 4. The summed E-state index contributed by atoms with van der Waals surface area (Å²) < 4.78 is 9.32. The van der Waals surface area contributed by atoms with Gasteiger partial charge in [-0.15, -0.1) is 0 Å². The molecule has 0 amide bonds. The summed E-state index contributed by atoms with van der Waals surface area (Å²) in [4.78, 5) is 15.6. The van der Waals surface area contributed by atoms with E-state index in [1.165, 1.54) is 48.6 Å². The van der Waals surface area contributed by atoms with Crippen molar-refractivity contribution in [2.24, 2.45) is 0 Å². The van der Waals surface area contributed by atoms with E-state index >= 15 is 0 Å². The quantitative estimate of drug-likeness (QED) is 0.178. The molecule has 0 radical (unpaired) electrons. The first-order valence-electron chi connectivity index (χ1n) is 21.7. The van der Waals surface area contributed by atoms with Gasteiger partial charge in [0.2, 0.25) is 0 Å². The molecule has 0 unspecified atom stereocenters. The van der Waals surface area contributed by atoms with Gasteiger partial charge in [0.05, 0.1) is 16.7 Å². The summed E-state index contributed by atoms with van der Waals surface area (Å²) in [6.45, 7) is 0. The van der Waals surface area contributed by atoms with E-state index in [0.717, 1.165) is 71.4 Å². The molecule has 0 saturated heterocycles. The minimum absolute atomic E-state index is 0.597. The second-order valence-electron chi connectivity index (χ2n) is 16.8. The van der Waals surface area contributed by atoms with E-state index in [2.05, 4.69) is 211 Å². The zero-order valence-corrected chi connectivity index (χ0v) is 34.3. The highest BCUT2D eigenvalue weighted by molar-refractivity contribution is 6.23.